The molecule has 1 aliphatic rings. The first-order valence-electron chi connectivity index (χ1n) is 8.20. The fraction of sp³-hybridized carbons (Fsp3) is 0.316. The Hall–Kier alpha value is -1.79. The minimum absolute atomic E-state index is 0.0163. The van der Waals surface area contributed by atoms with Gasteiger partial charge in [0.25, 0.3) is 0 Å². The lowest BCUT2D eigenvalue weighted by Crippen LogP contribution is -2.40. The molecule has 4 nitrogen and oxygen atoms in total. The Morgan fingerprint density at radius 2 is 2.12 bits per heavy atom. The fourth-order valence-corrected chi connectivity index (χ4v) is 3.85. The van der Waals surface area contributed by atoms with Crippen LogP contribution >= 0.6 is 11.3 Å². The van der Waals surface area contributed by atoms with Crippen LogP contribution < -0.4 is 0 Å². The van der Waals surface area contributed by atoms with Gasteiger partial charge >= 0.3 is 0 Å². The Balaban J connectivity index is 1.45. The summed E-state index contributed by atoms with van der Waals surface area (Å²) in [6, 6.07) is 14.4. The van der Waals surface area contributed by atoms with Crippen molar-refractivity contribution in [3.05, 3.63) is 64.6 Å². The molecule has 124 valence electrons. The van der Waals surface area contributed by atoms with E-state index in [0.717, 1.165) is 29.0 Å². The number of ether oxygens (including phenoxy) is 1. The summed E-state index contributed by atoms with van der Waals surface area (Å²) in [5, 5.41) is 16.0. The molecule has 4 rings (SSSR count). The Morgan fingerprint density at radius 3 is 2.96 bits per heavy atom. The lowest BCUT2D eigenvalue weighted by Gasteiger charge is -2.33. The summed E-state index contributed by atoms with van der Waals surface area (Å²) in [4.78, 5) is 6.61. The van der Waals surface area contributed by atoms with Gasteiger partial charge in [0, 0.05) is 31.2 Å². The molecule has 1 aliphatic heterocycles. The van der Waals surface area contributed by atoms with Crippen molar-refractivity contribution in [3.8, 4) is 0 Å². The first kappa shape index (κ1) is 15.7. The molecule has 1 fully saturated rings. The van der Waals surface area contributed by atoms with E-state index in [-0.39, 0.29) is 6.10 Å². The van der Waals surface area contributed by atoms with Crippen LogP contribution in [0.25, 0.3) is 10.8 Å². The maximum Gasteiger partial charge on any atom is 0.123 e. The van der Waals surface area contributed by atoms with Crippen molar-refractivity contribution < 1.29 is 9.84 Å². The third-order valence-electron chi connectivity index (χ3n) is 4.47. The normalized spacial score (nSPS) is 20.3. The van der Waals surface area contributed by atoms with Crippen molar-refractivity contribution in [2.45, 2.75) is 12.2 Å². The molecule has 24 heavy (non-hydrogen) atoms. The summed E-state index contributed by atoms with van der Waals surface area (Å²) in [5.41, 5.74) is 0.964. The van der Waals surface area contributed by atoms with Gasteiger partial charge in [-0.25, -0.2) is 4.98 Å². The van der Waals surface area contributed by atoms with Gasteiger partial charge in [0.05, 0.1) is 12.7 Å². The van der Waals surface area contributed by atoms with E-state index in [9.17, 15) is 5.11 Å². The third-order valence-corrected chi connectivity index (χ3v) is 5.33. The standard InChI is InChI=1S/C19H20N2O2S/c22-17(16-6-5-14-3-1-2-4-15(14)11-16)12-21-8-9-23-18(13-21)19-20-7-10-24-19/h1-7,10-11,17-18,22H,8-9,12-13H2/t17-,18-/m0/s1. The average Bonchev–Trinajstić information content (AvgIpc) is 3.16. The van der Waals surface area contributed by atoms with Gasteiger partial charge in [-0.3, -0.25) is 4.90 Å². The molecule has 1 saturated heterocycles. The van der Waals surface area contributed by atoms with Crippen LogP contribution in [0.4, 0.5) is 0 Å². The van der Waals surface area contributed by atoms with Crippen molar-refractivity contribution in [2.75, 3.05) is 26.2 Å². The van der Waals surface area contributed by atoms with Crippen molar-refractivity contribution >= 4 is 22.1 Å². The van der Waals surface area contributed by atoms with E-state index in [1.165, 1.54) is 5.39 Å². The van der Waals surface area contributed by atoms with Crippen LogP contribution in [0.15, 0.2) is 54.0 Å². The lowest BCUT2D eigenvalue weighted by atomic mass is 10.0. The van der Waals surface area contributed by atoms with Crippen LogP contribution in [0, 0.1) is 0 Å². The quantitative estimate of drug-likeness (QED) is 0.791. The van der Waals surface area contributed by atoms with Gasteiger partial charge in [0.15, 0.2) is 0 Å². The third kappa shape index (κ3) is 3.35. The average molecular weight is 340 g/mol. The molecule has 0 saturated carbocycles. The Bertz CT molecular complexity index is 806. The number of rotatable bonds is 4. The molecule has 2 atom stereocenters. The summed E-state index contributed by atoms with van der Waals surface area (Å²) >= 11 is 1.62. The predicted molar refractivity (Wildman–Crippen MR) is 96.2 cm³/mol. The molecule has 0 bridgehead atoms. The molecule has 0 aliphatic carbocycles. The smallest absolute Gasteiger partial charge is 0.123 e. The second-order valence-corrected chi connectivity index (χ2v) is 7.04. The van der Waals surface area contributed by atoms with Gasteiger partial charge in [-0.2, -0.15) is 0 Å². The second-order valence-electron chi connectivity index (χ2n) is 6.11. The number of thiazole rings is 1. The number of aromatic nitrogens is 1. The van der Waals surface area contributed by atoms with Crippen LogP contribution in [0.1, 0.15) is 22.8 Å². The van der Waals surface area contributed by atoms with Gasteiger partial charge in [-0.05, 0) is 22.4 Å². The number of morpholine rings is 1. The SMILES string of the molecule is O[C@@H](CN1CCO[C@H](c2nccs2)C1)c1ccc2ccccc2c1. The zero-order valence-corrected chi connectivity index (χ0v) is 14.2. The lowest BCUT2D eigenvalue weighted by molar-refractivity contribution is -0.0424. The Labute approximate surface area is 145 Å². The monoisotopic (exact) mass is 340 g/mol. The number of hydrogen-bond donors (Lipinski definition) is 1. The topological polar surface area (TPSA) is 45.6 Å². The van der Waals surface area contributed by atoms with Gasteiger partial charge < -0.3 is 9.84 Å². The van der Waals surface area contributed by atoms with E-state index in [2.05, 4.69) is 34.1 Å². The summed E-state index contributed by atoms with van der Waals surface area (Å²) in [5.74, 6) is 0. The van der Waals surface area contributed by atoms with E-state index in [1.807, 2.05) is 29.8 Å². The molecule has 0 amide bonds. The minimum Gasteiger partial charge on any atom is -0.387 e. The maximum absolute atomic E-state index is 10.7. The zero-order chi connectivity index (χ0) is 16.4. The Kier molecular flexibility index (Phi) is 4.58. The second kappa shape index (κ2) is 6.99. The van der Waals surface area contributed by atoms with Crippen molar-refractivity contribution in [1.82, 2.24) is 9.88 Å². The van der Waals surface area contributed by atoms with E-state index >= 15 is 0 Å². The molecule has 0 radical (unpaired) electrons. The van der Waals surface area contributed by atoms with Gasteiger partial charge in [0.1, 0.15) is 11.1 Å². The molecule has 1 aromatic heterocycles. The Morgan fingerprint density at radius 1 is 1.25 bits per heavy atom. The highest BCUT2D eigenvalue weighted by Gasteiger charge is 2.25. The molecular formula is C19H20N2O2S. The number of β-amino-alcohol motifs (C(OH)–C–C–N with tert-alkyl or cyclic N) is 1. The molecule has 5 heteroatoms. The van der Waals surface area contributed by atoms with Gasteiger partial charge in [-0.1, -0.05) is 36.4 Å². The van der Waals surface area contributed by atoms with Crippen molar-refractivity contribution in [2.24, 2.45) is 0 Å². The van der Waals surface area contributed by atoms with Gasteiger partial charge in [0.2, 0.25) is 0 Å². The number of nitrogens with zero attached hydrogens (tertiary/aromatic N) is 2. The van der Waals surface area contributed by atoms with Crippen molar-refractivity contribution in [3.63, 3.8) is 0 Å². The molecule has 1 N–H and O–H groups in total. The predicted octanol–water partition coefficient (Wildman–Crippen LogP) is 3.40. The number of benzene rings is 2. The van der Waals surface area contributed by atoms with Crippen LogP contribution in [-0.4, -0.2) is 41.2 Å². The molecule has 3 aromatic rings. The first-order chi connectivity index (χ1) is 11.8. The maximum atomic E-state index is 10.7. The first-order valence-corrected chi connectivity index (χ1v) is 9.08. The molecule has 2 heterocycles. The van der Waals surface area contributed by atoms with Crippen molar-refractivity contribution in [1.29, 1.82) is 0 Å². The highest BCUT2D eigenvalue weighted by molar-refractivity contribution is 7.09. The number of aliphatic hydroxyl groups excluding tert-OH is 1. The van der Waals surface area contributed by atoms with Crippen LogP contribution in [-0.2, 0) is 4.74 Å². The molecule has 0 unspecified atom stereocenters. The van der Waals surface area contributed by atoms with Crippen LogP contribution in [0.3, 0.4) is 0 Å². The highest BCUT2D eigenvalue weighted by atomic mass is 32.1. The van der Waals surface area contributed by atoms with Crippen LogP contribution in [0.2, 0.25) is 0 Å². The summed E-state index contributed by atoms with van der Waals surface area (Å²) in [6.07, 6.45) is 1.33. The number of aliphatic hydroxyl groups is 1. The van der Waals surface area contributed by atoms with E-state index in [4.69, 9.17) is 4.74 Å². The number of fused-ring (bicyclic) bond motifs is 1. The molecular weight excluding hydrogens is 320 g/mol. The van der Waals surface area contributed by atoms with E-state index < -0.39 is 6.10 Å². The largest absolute Gasteiger partial charge is 0.387 e. The summed E-state index contributed by atoms with van der Waals surface area (Å²) in [6.45, 7) is 2.91. The molecule has 2 aromatic carbocycles. The number of hydrogen-bond acceptors (Lipinski definition) is 5. The fourth-order valence-electron chi connectivity index (χ4n) is 3.18. The summed E-state index contributed by atoms with van der Waals surface area (Å²) in [7, 11) is 0. The van der Waals surface area contributed by atoms with E-state index in [1.54, 1.807) is 11.3 Å². The van der Waals surface area contributed by atoms with Crippen LogP contribution in [0.5, 0.6) is 0 Å². The zero-order valence-electron chi connectivity index (χ0n) is 13.3. The summed E-state index contributed by atoms with van der Waals surface area (Å²) < 4.78 is 5.82. The van der Waals surface area contributed by atoms with E-state index in [0.29, 0.717) is 13.2 Å². The minimum atomic E-state index is -0.496. The highest BCUT2D eigenvalue weighted by Crippen LogP contribution is 2.26. The van der Waals surface area contributed by atoms with Gasteiger partial charge in [-0.15, -0.1) is 11.3 Å². The molecule has 0 spiro atoms.